The van der Waals surface area contributed by atoms with Gasteiger partial charge < -0.3 is 10.0 Å². The Kier molecular flexibility index (Phi) is 4.60. The van der Waals surface area contributed by atoms with Crippen LogP contribution in [0.5, 0.6) is 0 Å². The number of aromatic nitrogens is 1. The van der Waals surface area contributed by atoms with Gasteiger partial charge in [-0.2, -0.15) is 4.73 Å². The Labute approximate surface area is 89.8 Å². The molecular weight excluding hydrogens is 192 g/mol. The van der Waals surface area contributed by atoms with E-state index in [-0.39, 0.29) is 0 Å². The number of hydrogen-bond donors (Lipinski definition) is 0. The zero-order valence-electron chi connectivity index (χ0n) is 9.09. The minimum Gasteiger partial charge on any atom is -0.619 e. The molecule has 0 saturated carbocycles. The van der Waals surface area contributed by atoms with Gasteiger partial charge in [-0.15, -0.1) is 0 Å². The molecule has 0 atom stereocenters. The van der Waals surface area contributed by atoms with Crippen molar-refractivity contribution in [1.29, 1.82) is 0 Å². The van der Waals surface area contributed by atoms with E-state index in [1.54, 1.807) is 12.1 Å². The summed E-state index contributed by atoms with van der Waals surface area (Å²) in [5, 5.41) is 14.7. The van der Waals surface area contributed by atoms with E-state index in [0.717, 1.165) is 16.7 Å². The fourth-order valence-corrected chi connectivity index (χ4v) is 0.988. The van der Waals surface area contributed by atoms with Gasteiger partial charge in [0.15, 0.2) is 12.4 Å². The Balaban J connectivity index is 2.32. The first-order valence-corrected chi connectivity index (χ1v) is 5.02. The maximum Gasteiger partial charge on any atom is 0.189 e. The number of rotatable bonds is 5. The summed E-state index contributed by atoms with van der Waals surface area (Å²) in [6.45, 7) is 4.87. The molecule has 0 saturated heterocycles. The summed E-state index contributed by atoms with van der Waals surface area (Å²) >= 11 is 0. The summed E-state index contributed by atoms with van der Waals surface area (Å²) in [5.74, 6) is 0.612. The molecule has 82 valence electrons. The van der Waals surface area contributed by atoms with Crippen LogP contribution in [0.15, 0.2) is 29.7 Å². The van der Waals surface area contributed by atoms with Crippen molar-refractivity contribution in [2.24, 2.45) is 11.1 Å². The van der Waals surface area contributed by atoms with Gasteiger partial charge in [0.25, 0.3) is 0 Å². The number of nitrogens with zero attached hydrogens (tertiary/aromatic N) is 2. The van der Waals surface area contributed by atoms with E-state index < -0.39 is 0 Å². The molecule has 15 heavy (non-hydrogen) atoms. The second-order valence-corrected chi connectivity index (χ2v) is 3.75. The lowest BCUT2D eigenvalue weighted by Crippen LogP contribution is -2.24. The molecule has 0 aliphatic carbocycles. The lowest BCUT2D eigenvalue weighted by atomic mass is 10.1. The number of pyridine rings is 1. The fourth-order valence-electron chi connectivity index (χ4n) is 0.988. The van der Waals surface area contributed by atoms with Gasteiger partial charge in [0.2, 0.25) is 0 Å². The third-order valence-electron chi connectivity index (χ3n) is 1.86. The quantitative estimate of drug-likeness (QED) is 0.243. The Morgan fingerprint density at radius 1 is 1.60 bits per heavy atom. The summed E-state index contributed by atoms with van der Waals surface area (Å²) in [5.41, 5.74) is 0.733. The van der Waals surface area contributed by atoms with Crippen LogP contribution < -0.4 is 4.73 Å². The Morgan fingerprint density at radius 2 is 2.40 bits per heavy atom. The molecule has 0 unspecified atom stereocenters. The standard InChI is InChI=1S/C11H16N2O2/c1-10(2)5-7-15-12-8-11-4-3-6-13(14)9-11/h3-4,6,8-10H,5,7H2,1-2H3/b12-8+. The summed E-state index contributed by atoms with van der Waals surface area (Å²) in [6.07, 6.45) is 5.38. The van der Waals surface area contributed by atoms with Crippen LogP contribution in [-0.4, -0.2) is 12.8 Å². The molecule has 0 amide bonds. The van der Waals surface area contributed by atoms with Crippen molar-refractivity contribution < 1.29 is 9.57 Å². The van der Waals surface area contributed by atoms with Gasteiger partial charge in [-0.05, 0) is 18.4 Å². The molecule has 0 radical (unpaired) electrons. The molecule has 1 rings (SSSR count). The van der Waals surface area contributed by atoms with Crippen LogP contribution in [0, 0.1) is 11.1 Å². The van der Waals surface area contributed by atoms with Crippen molar-refractivity contribution in [3.63, 3.8) is 0 Å². The van der Waals surface area contributed by atoms with Crippen molar-refractivity contribution in [3.8, 4) is 0 Å². The van der Waals surface area contributed by atoms with Crippen LogP contribution >= 0.6 is 0 Å². The third-order valence-corrected chi connectivity index (χ3v) is 1.86. The van der Waals surface area contributed by atoms with E-state index in [0.29, 0.717) is 12.5 Å². The molecule has 0 spiro atoms. The minimum atomic E-state index is 0.609. The molecule has 0 aliphatic heterocycles. The van der Waals surface area contributed by atoms with Gasteiger partial charge in [-0.25, -0.2) is 0 Å². The van der Waals surface area contributed by atoms with Crippen LogP contribution in [0.1, 0.15) is 25.8 Å². The Hall–Kier alpha value is -1.58. The average molecular weight is 208 g/mol. The van der Waals surface area contributed by atoms with Gasteiger partial charge in [0.05, 0.1) is 11.8 Å². The molecule has 4 heteroatoms. The predicted molar refractivity (Wildman–Crippen MR) is 58.4 cm³/mol. The molecule has 0 aliphatic rings. The lowest BCUT2D eigenvalue weighted by Gasteiger charge is -2.01. The van der Waals surface area contributed by atoms with Crippen LogP contribution in [0.3, 0.4) is 0 Å². The number of hydrogen-bond acceptors (Lipinski definition) is 3. The van der Waals surface area contributed by atoms with Gasteiger partial charge in [-0.3, -0.25) is 0 Å². The summed E-state index contributed by atoms with van der Waals surface area (Å²) in [7, 11) is 0. The Morgan fingerprint density at radius 3 is 3.07 bits per heavy atom. The van der Waals surface area contributed by atoms with Gasteiger partial charge in [0, 0.05) is 6.07 Å². The first-order valence-electron chi connectivity index (χ1n) is 5.02. The SMILES string of the molecule is CC(C)CCO/N=C/c1ccc[n+]([O-])c1. The van der Waals surface area contributed by atoms with E-state index >= 15 is 0 Å². The first kappa shape index (κ1) is 11.5. The van der Waals surface area contributed by atoms with Crippen LogP contribution in [0.2, 0.25) is 0 Å². The van der Waals surface area contributed by atoms with Gasteiger partial charge >= 0.3 is 0 Å². The molecule has 4 nitrogen and oxygen atoms in total. The Bertz CT molecular complexity index is 324. The zero-order valence-corrected chi connectivity index (χ0v) is 9.09. The van der Waals surface area contributed by atoms with Crippen molar-refractivity contribution in [3.05, 3.63) is 35.3 Å². The largest absolute Gasteiger partial charge is 0.619 e. The predicted octanol–water partition coefficient (Wildman–Crippen LogP) is 1.72. The van der Waals surface area contributed by atoms with Crippen LogP contribution in [0.4, 0.5) is 0 Å². The molecule has 1 aromatic heterocycles. The summed E-state index contributed by atoms with van der Waals surface area (Å²) < 4.78 is 0.732. The van der Waals surface area contributed by atoms with Gasteiger partial charge in [-0.1, -0.05) is 19.0 Å². The third kappa shape index (κ3) is 5.00. The van der Waals surface area contributed by atoms with Gasteiger partial charge in [0.1, 0.15) is 6.61 Å². The normalized spacial score (nSPS) is 11.1. The van der Waals surface area contributed by atoms with E-state index in [1.807, 2.05) is 0 Å². The highest BCUT2D eigenvalue weighted by Crippen LogP contribution is 1.99. The average Bonchev–Trinajstić information content (AvgIpc) is 2.17. The second-order valence-electron chi connectivity index (χ2n) is 3.75. The summed E-state index contributed by atoms with van der Waals surface area (Å²) in [4.78, 5) is 5.05. The second kappa shape index (κ2) is 6.01. The van der Waals surface area contributed by atoms with E-state index in [1.165, 1.54) is 18.6 Å². The highest BCUT2D eigenvalue weighted by molar-refractivity contribution is 5.77. The van der Waals surface area contributed by atoms with E-state index in [4.69, 9.17) is 4.84 Å². The van der Waals surface area contributed by atoms with Crippen LogP contribution in [0.25, 0.3) is 0 Å². The summed E-state index contributed by atoms with van der Waals surface area (Å²) in [6, 6.07) is 3.46. The minimum absolute atomic E-state index is 0.609. The molecular formula is C11H16N2O2. The topological polar surface area (TPSA) is 48.5 Å². The molecule has 0 aromatic carbocycles. The highest BCUT2D eigenvalue weighted by atomic mass is 16.6. The molecule has 1 aromatic rings. The van der Waals surface area contributed by atoms with Crippen molar-refractivity contribution in [2.45, 2.75) is 20.3 Å². The van der Waals surface area contributed by atoms with Crippen molar-refractivity contribution in [2.75, 3.05) is 6.61 Å². The van der Waals surface area contributed by atoms with Crippen molar-refractivity contribution in [1.82, 2.24) is 0 Å². The monoisotopic (exact) mass is 208 g/mol. The maximum atomic E-state index is 10.9. The van der Waals surface area contributed by atoms with E-state index in [2.05, 4.69) is 19.0 Å². The maximum absolute atomic E-state index is 10.9. The van der Waals surface area contributed by atoms with Crippen molar-refractivity contribution >= 4 is 6.21 Å². The van der Waals surface area contributed by atoms with Crippen LogP contribution in [-0.2, 0) is 4.84 Å². The molecule has 1 heterocycles. The van der Waals surface area contributed by atoms with E-state index in [9.17, 15) is 5.21 Å². The fraction of sp³-hybridized carbons (Fsp3) is 0.455. The molecule has 0 fully saturated rings. The number of oxime groups is 1. The first-order chi connectivity index (χ1) is 7.18. The molecule has 0 bridgehead atoms. The highest BCUT2D eigenvalue weighted by Gasteiger charge is 1.94. The lowest BCUT2D eigenvalue weighted by molar-refractivity contribution is -0.605. The smallest absolute Gasteiger partial charge is 0.189 e. The molecule has 0 N–H and O–H groups in total. The zero-order chi connectivity index (χ0) is 11.1.